The van der Waals surface area contributed by atoms with Crippen LogP contribution in [0.15, 0.2) is 42.5 Å². The van der Waals surface area contributed by atoms with Crippen LogP contribution in [0.1, 0.15) is 21.5 Å². The van der Waals surface area contributed by atoms with Crippen LogP contribution in [0.3, 0.4) is 0 Å². The van der Waals surface area contributed by atoms with Gasteiger partial charge in [-0.05, 0) is 48.0 Å². The Hall–Kier alpha value is -3.76. The molecule has 176 valence electrons. The third-order valence-electron chi connectivity index (χ3n) is 6.31. The molecule has 2 amide bonds. The minimum absolute atomic E-state index is 0.0408. The lowest BCUT2D eigenvalue weighted by Gasteiger charge is -2.21. The number of nitrogens with one attached hydrogen (secondary N) is 1. The van der Waals surface area contributed by atoms with Crippen molar-refractivity contribution in [3.05, 3.63) is 65.0 Å². The zero-order valence-corrected chi connectivity index (χ0v) is 17.7. The lowest BCUT2D eigenvalue weighted by molar-refractivity contribution is -0.137. The van der Waals surface area contributed by atoms with Crippen molar-refractivity contribution in [3.63, 3.8) is 0 Å². The largest absolute Gasteiger partial charge is 0.416 e. The van der Waals surface area contributed by atoms with Gasteiger partial charge < -0.3 is 9.80 Å². The van der Waals surface area contributed by atoms with Crippen molar-refractivity contribution < 1.29 is 27.2 Å². The van der Waals surface area contributed by atoms with Crippen LogP contribution in [-0.2, 0) is 11.0 Å². The number of hydrogen-bond donors (Lipinski definition) is 1. The standard InChI is InChI=1S/C23H19F4N5O2/c24-18-6-13(5-17(8-18)23(25,26)27)1-4-21(33)31-9-15-11-32(12-16(15)10-31)22(34)14-2-3-19-20(7-14)29-30-28-19/h1-8,15-16H,9-12H2,(H,28,29,30)/t15-,16+. The van der Waals surface area contributed by atoms with Crippen LogP contribution in [-0.4, -0.2) is 63.2 Å². The summed E-state index contributed by atoms with van der Waals surface area (Å²) in [6.07, 6.45) is -2.33. The molecule has 1 aromatic heterocycles. The summed E-state index contributed by atoms with van der Waals surface area (Å²) >= 11 is 0. The van der Waals surface area contributed by atoms with Crippen molar-refractivity contribution in [1.82, 2.24) is 25.2 Å². The summed E-state index contributed by atoms with van der Waals surface area (Å²) in [7, 11) is 0. The van der Waals surface area contributed by atoms with Gasteiger partial charge >= 0.3 is 6.18 Å². The van der Waals surface area contributed by atoms with E-state index in [2.05, 4.69) is 15.4 Å². The van der Waals surface area contributed by atoms with Gasteiger partial charge in [0.25, 0.3) is 5.91 Å². The monoisotopic (exact) mass is 473 g/mol. The van der Waals surface area contributed by atoms with E-state index in [0.29, 0.717) is 48.8 Å². The Morgan fingerprint density at radius 1 is 0.941 bits per heavy atom. The lowest BCUT2D eigenvalue weighted by atomic mass is 10.0. The third-order valence-corrected chi connectivity index (χ3v) is 6.31. The number of benzene rings is 2. The number of amides is 2. The molecule has 0 bridgehead atoms. The van der Waals surface area contributed by atoms with Gasteiger partial charge in [0.15, 0.2) is 0 Å². The fraction of sp³-hybridized carbons (Fsp3) is 0.304. The van der Waals surface area contributed by atoms with Crippen LogP contribution in [0, 0.1) is 17.7 Å². The molecule has 3 aromatic rings. The topological polar surface area (TPSA) is 82.2 Å². The van der Waals surface area contributed by atoms with Crippen LogP contribution in [0.4, 0.5) is 17.6 Å². The molecule has 0 spiro atoms. The highest BCUT2D eigenvalue weighted by atomic mass is 19.4. The minimum Gasteiger partial charge on any atom is -0.338 e. The third kappa shape index (κ3) is 4.25. The number of carbonyl (C=O) groups excluding carboxylic acids is 2. The van der Waals surface area contributed by atoms with Crippen molar-refractivity contribution in [3.8, 4) is 0 Å². The summed E-state index contributed by atoms with van der Waals surface area (Å²) in [6.45, 7) is 1.90. The number of alkyl halides is 3. The van der Waals surface area contributed by atoms with Gasteiger partial charge in [-0.15, -0.1) is 0 Å². The van der Waals surface area contributed by atoms with Crippen LogP contribution in [0.5, 0.6) is 0 Å². The molecule has 2 saturated heterocycles. The van der Waals surface area contributed by atoms with E-state index >= 15 is 0 Å². The number of H-pyrrole nitrogens is 1. The molecule has 0 unspecified atom stereocenters. The number of halogens is 4. The predicted octanol–water partition coefficient (Wildman–Crippen LogP) is 3.36. The molecular formula is C23H19F4N5O2. The Bertz CT molecular complexity index is 1290. The average molecular weight is 473 g/mol. The number of fused-ring (bicyclic) bond motifs is 2. The zero-order chi connectivity index (χ0) is 24.0. The van der Waals surface area contributed by atoms with Crippen molar-refractivity contribution in [2.45, 2.75) is 6.18 Å². The Morgan fingerprint density at radius 2 is 1.62 bits per heavy atom. The number of carbonyl (C=O) groups is 2. The molecular weight excluding hydrogens is 454 g/mol. The summed E-state index contributed by atoms with van der Waals surface area (Å²) in [5.74, 6) is -1.26. The first-order chi connectivity index (χ1) is 16.2. The first kappa shape index (κ1) is 22.1. The second-order valence-electron chi connectivity index (χ2n) is 8.60. The van der Waals surface area contributed by atoms with Crippen LogP contribution in [0.2, 0.25) is 0 Å². The Balaban J connectivity index is 1.21. The van der Waals surface area contributed by atoms with Gasteiger partial charge in [-0.3, -0.25) is 9.59 Å². The molecule has 3 heterocycles. The summed E-state index contributed by atoms with van der Waals surface area (Å²) < 4.78 is 52.2. The molecule has 0 aliphatic carbocycles. The van der Waals surface area contributed by atoms with Crippen molar-refractivity contribution in [1.29, 1.82) is 0 Å². The van der Waals surface area contributed by atoms with E-state index in [0.717, 1.165) is 18.2 Å². The van der Waals surface area contributed by atoms with E-state index in [1.807, 2.05) is 0 Å². The number of nitrogens with zero attached hydrogens (tertiary/aromatic N) is 4. The van der Waals surface area contributed by atoms with Gasteiger partial charge in [0, 0.05) is 49.7 Å². The molecule has 0 saturated carbocycles. The normalized spacial score (nSPS) is 20.5. The molecule has 2 aliphatic heterocycles. The van der Waals surface area contributed by atoms with Gasteiger partial charge in [0.05, 0.1) is 5.56 Å². The lowest BCUT2D eigenvalue weighted by Crippen LogP contribution is -2.35. The highest BCUT2D eigenvalue weighted by Crippen LogP contribution is 2.33. The summed E-state index contributed by atoms with van der Waals surface area (Å²) in [6, 6.07) is 7.28. The highest BCUT2D eigenvalue weighted by molar-refractivity contribution is 5.97. The van der Waals surface area contributed by atoms with Crippen molar-refractivity contribution in [2.24, 2.45) is 11.8 Å². The second kappa shape index (κ2) is 8.23. The number of likely N-dealkylation sites (tertiary alicyclic amines) is 2. The Labute approximate surface area is 191 Å². The molecule has 0 radical (unpaired) electrons. The molecule has 7 nitrogen and oxygen atoms in total. The molecule has 5 rings (SSSR count). The fourth-order valence-electron chi connectivity index (χ4n) is 4.64. The van der Waals surface area contributed by atoms with Crippen molar-refractivity contribution >= 4 is 28.9 Å². The molecule has 2 aliphatic rings. The maximum absolute atomic E-state index is 13.6. The van der Waals surface area contributed by atoms with E-state index in [9.17, 15) is 27.2 Å². The second-order valence-corrected chi connectivity index (χ2v) is 8.60. The number of hydrogen-bond acceptors (Lipinski definition) is 4. The molecule has 2 fully saturated rings. The first-order valence-electron chi connectivity index (χ1n) is 10.6. The quantitative estimate of drug-likeness (QED) is 0.467. The highest BCUT2D eigenvalue weighted by Gasteiger charge is 2.42. The van der Waals surface area contributed by atoms with Crippen LogP contribution in [0.25, 0.3) is 17.1 Å². The van der Waals surface area contributed by atoms with E-state index in [1.54, 1.807) is 28.0 Å². The number of aromatic amines is 1. The average Bonchev–Trinajstić information content (AvgIpc) is 3.50. The smallest absolute Gasteiger partial charge is 0.338 e. The van der Waals surface area contributed by atoms with Crippen LogP contribution >= 0.6 is 0 Å². The first-order valence-corrected chi connectivity index (χ1v) is 10.6. The molecule has 2 atom stereocenters. The number of rotatable bonds is 3. The van der Waals surface area contributed by atoms with E-state index in [-0.39, 0.29) is 29.2 Å². The Morgan fingerprint density at radius 3 is 2.32 bits per heavy atom. The minimum atomic E-state index is -4.68. The molecule has 1 N–H and O–H groups in total. The summed E-state index contributed by atoms with van der Waals surface area (Å²) in [4.78, 5) is 28.9. The zero-order valence-electron chi connectivity index (χ0n) is 17.7. The number of aromatic nitrogens is 3. The summed E-state index contributed by atoms with van der Waals surface area (Å²) in [5, 5.41) is 10.5. The molecule has 2 aromatic carbocycles. The van der Waals surface area contributed by atoms with E-state index < -0.39 is 17.6 Å². The SMILES string of the molecule is O=C(C=Cc1cc(F)cc(C(F)(F)F)c1)N1C[C@@H]2CN(C(=O)c3ccc4n[nH]nc4c3)C[C@@H]2C1. The molecule has 34 heavy (non-hydrogen) atoms. The van der Waals surface area contributed by atoms with Gasteiger partial charge in [-0.1, -0.05) is 0 Å². The molecule has 11 heteroatoms. The maximum Gasteiger partial charge on any atom is 0.416 e. The van der Waals surface area contributed by atoms with Gasteiger partial charge in [0.2, 0.25) is 5.91 Å². The van der Waals surface area contributed by atoms with E-state index in [4.69, 9.17) is 0 Å². The van der Waals surface area contributed by atoms with E-state index in [1.165, 1.54) is 6.08 Å². The van der Waals surface area contributed by atoms with Crippen LogP contribution < -0.4 is 0 Å². The fourth-order valence-corrected chi connectivity index (χ4v) is 4.64. The maximum atomic E-state index is 13.6. The Kier molecular flexibility index (Phi) is 5.34. The van der Waals surface area contributed by atoms with Crippen molar-refractivity contribution in [2.75, 3.05) is 26.2 Å². The van der Waals surface area contributed by atoms with Gasteiger partial charge in [-0.2, -0.15) is 28.6 Å². The van der Waals surface area contributed by atoms with Gasteiger partial charge in [0.1, 0.15) is 16.9 Å². The summed E-state index contributed by atoms with van der Waals surface area (Å²) in [5.41, 5.74) is 0.647. The predicted molar refractivity (Wildman–Crippen MR) is 114 cm³/mol. The van der Waals surface area contributed by atoms with Gasteiger partial charge in [-0.25, -0.2) is 4.39 Å².